The Balaban J connectivity index is 1.70. The molecule has 0 amide bonds. The topological polar surface area (TPSA) is 34.1 Å². The van der Waals surface area contributed by atoms with Gasteiger partial charge in [0.05, 0.1) is 11.6 Å². The van der Waals surface area contributed by atoms with Gasteiger partial charge in [0.2, 0.25) is 0 Å². The van der Waals surface area contributed by atoms with E-state index in [9.17, 15) is 0 Å². The molecule has 0 saturated heterocycles. The quantitative estimate of drug-likeness (QED) is 0.864. The van der Waals surface area contributed by atoms with E-state index >= 15 is 0 Å². The second kappa shape index (κ2) is 6.38. The second-order valence-electron chi connectivity index (χ2n) is 6.99. The summed E-state index contributed by atoms with van der Waals surface area (Å²) in [4.78, 5) is 4.67. The zero-order valence-corrected chi connectivity index (χ0v) is 14.8. The van der Waals surface area contributed by atoms with Gasteiger partial charge in [-0.05, 0) is 30.4 Å². The van der Waals surface area contributed by atoms with Crippen molar-refractivity contribution >= 4 is 17.4 Å². The van der Waals surface area contributed by atoms with E-state index in [0.717, 1.165) is 41.5 Å². The number of nitrogens with one attached hydrogen (secondary N) is 1. The number of ether oxygens (including phenoxy) is 1. The monoisotopic (exact) mass is 342 g/mol. The summed E-state index contributed by atoms with van der Waals surface area (Å²) in [6.07, 6.45) is 7.85. The van der Waals surface area contributed by atoms with Crippen LogP contribution in [0.25, 0.3) is 11.1 Å². The summed E-state index contributed by atoms with van der Waals surface area (Å²) in [5.74, 6) is 0.988. The minimum absolute atomic E-state index is 0.202. The van der Waals surface area contributed by atoms with Crippen LogP contribution < -0.4 is 5.32 Å². The molecule has 24 heavy (non-hydrogen) atoms. The molecular formula is C20H23ClN2O. The molecule has 1 aliphatic carbocycles. The van der Waals surface area contributed by atoms with Gasteiger partial charge in [-0.1, -0.05) is 48.7 Å². The fourth-order valence-electron chi connectivity index (χ4n) is 4.20. The predicted molar refractivity (Wildman–Crippen MR) is 98.9 cm³/mol. The average molecular weight is 343 g/mol. The van der Waals surface area contributed by atoms with Crippen molar-refractivity contribution in [3.8, 4) is 11.1 Å². The van der Waals surface area contributed by atoms with Gasteiger partial charge in [0.25, 0.3) is 0 Å². The largest absolute Gasteiger partial charge is 0.384 e. The lowest BCUT2D eigenvalue weighted by Crippen LogP contribution is -2.24. The molecule has 1 aromatic heterocycles. The van der Waals surface area contributed by atoms with Crippen LogP contribution in [-0.4, -0.2) is 25.2 Å². The van der Waals surface area contributed by atoms with Crippen LogP contribution in [0.15, 0.2) is 30.5 Å². The maximum absolute atomic E-state index is 6.88. The lowest BCUT2D eigenvalue weighted by atomic mass is 9.80. The van der Waals surface area contributed by atoms with E-state index in [2.05, 4.69) is 34.6 Å². The lowest BCUT2D eigenvalue weighted by Gasteiger charge is -2.24. The standard InChI is InChI=1S/C20H23ClN2O/c1-24-11-8-14-4-6-15(7-5-14)16-12-22-19-17(18(16)21)20(13-23-19)9-2-3-10-20/h4-7,12H,2-3,8-11,13H2,1H3,(H,22,23). The predicted octanol–water partition coefficient (Wildman–Crippen LogP) is 4.83. The maximum atomic E-state index is 6.88. The van der Waals surface area contributed by atoms with Gasteiger partial charge < -0.3 is 10.1 Å². The highest BCUT2D eigenvalue weighted by Crippen LogP contribution is 2.51. The van der Waals surface area contributed by atoms with Crippen LogP contribution in [0.1, 0.15) is 36.8 Å². The van der Waals surface area contributed by atoms with Crippen molar-refractivity contribution < 1.29 is 4.74 Å². The summed E-state index contributed by atoms with van der Waals surface area (Å²) in [6.45, 7) is 1.73. The summed E-state index contributed by atoms with van der Waals surface area (Å²) in [5, 5.41) is 4.36. The SMILES string of the molecule is COCCc1ccc(-c2cnc3c(c2Cl)C2(CCCC2)CN3)cc1. The highest BCUT2D eigenvalue weighted by molar-refractivity contribution is 6.34. The van der Waals surface area contributed by atoms with Gasteiger partial charge in [0, 0.05) is 36.4 Å². The molecule has 1 N–H and O–H groups in total. The molecule has 0 unspecified atom stereocenters. The number of pyridine rings is 1. The van der Waals surface area contributed by atoms with Crippen molar-refractivity contribution in [2.45, 2.75) is 37.5 Å². The number of aromatic nitrogens is 1. The van der Waals surface area contributed by atoms with Gasteiger partial charge in [0.15, 0.2) is 0 Å². The van der Waals surface area contributed by atoms with Crippen LogP contribution in [0.5, 0.6) is 0 Å². The molecule has 1 spiro atoms. The van der Waals surface area contributed by atoms with Crippen LogP contribution in [0.2, 0.25) is 5.02 Å². The minimum Gasteiger partial charge on any atom is -0.384 e. The van der Waals surface area contributed by atoms with Gasteiger partial charge in [-0.3, -0.25) is 0 Å². The van der Waals surface area contributed by atoms with Gasteiger partial charge in [0.1, 0.15) is 5.82 Å². The van der Waals surface area contributed by atoms with Crippen molar-refractivity contribution in [3.63, 3.8) is 0 Å². The van der Waals surface area contributed by atoms with E-state index in [-0.39, 0.29) is 5.41 Å². The fraction of sp³-hybridized carbons (Fsp3) is 0.450. The van der Waals surface area contributed by atoms with E-state index in [1.165, 1.54) is 36.8 Å². The molecular weight excluding hydrogens is 320 g/mol. The van der Waals surface area contributed by atoms with Crippen LogP contribution in [-0.2, 0) is 16.6 Å². The molecule has 0 bridgehead atoms. The number of rotatable bonds is 4. The molecule has 2 aromatic rings. The second-order valence-corrected chi connectivity index (χ2v) is 7.37. The van der Waals surface area contributed by atoms with Gasteiger partial charge in [-0.2, -0.15) is 0 Å². The number of hydrogen-bond acceptors (Lipinski definition) is 3. The number of halogens is 1. The Morgan fingerprint density at radius 3 is 2.67 bits per heavy atom. The molecule has 1 fully saturated rings. The highest BCUT2D eigenvalue weighted by Gasteiger charge is 2.44. The number of benzene rings is 1. The van der Waals surface area contributed by atoms with E-state index in [1.54, 1.807) is 7.11 Å². The van der Waals surface area contributed by atoms with Crippen molar-refractivity contribution in [1.82, 2.24) is 4.98 Å². The first-order valence-electron chi connectivity index (χ1n) is 8.75. The Morgan fingerprint density at radius 1 is 1.21 bits per heavy atom. The third-order valence-electron chi connectivity index (χ3n) is 5.56. The average Bonchev–Trinajstić information content (AvgIpc) is 3.23. The summed E-state index contributed by atoms with van der Waals surface area (Å²) in [5.41, 5.74) is 4.91. The Labute approximate surface area is 148 Å². The Kier molecular flexibility index (Phi) is 4.23. The number of nitrogens with zero attached hydrogens (tertiary/aromatic N) is 1. The molecule has 1 aliphatic heterocycles. The normalized spacial score (nSPS) is 17.9. The van der Waals surface area contributed by atoms with Gasteiger partial charge in [-0.15, -0.1) is 0 Å². The minimum atomic E-state index is 0.202. The van der Waals surface area contributed by atoms with Crippen molar-refractivity contribution in [3.05, 3.63) is 46.6 Å². The molecule has 3 nitrogen and oxygen atoms in total. The van der Waals surface area contributed by atoms with Crippen LogP contribution in [0.3, 0.4) is 0 Å². The number of hydrogen-bond donors (Lipinski definition) is 1. The Bertz CT molecular complexity index is 736. The molecule has 126 valence electrons. The zero-order valence-electron chi connectivity index (χ0n) is 14.1. The molecule has 2 heterocycles. The van der Waals surface area contributed by atoms with Crippen LogP contribution in [0, 0.1) is 0 Å². The van der Waals surface area contributed by atoms with Gasteiger partial charge >= 0.3 is 0 Å². The smallest absolute Gasteiger partial charge is 0.131 e. The van der Waals surface area contributed by atoms with E-state index < -0.39 is 0 Å². The van der Waals surface area contributed by atoms with E-state index in [0.29, 0.717) is 0 Å². The van der Waals surface area contributed by atoms with Crippen molar-refractivity contribution in [2.75, 3.05) is 25.6 Å². The zero-order chi connectivity index (χ0) is 16.6. The van der Waals surface area contributed by atoms with Gasteiger partial charge in [-0.25, -0.2) is 4.98 Å². The van der Waals surface area contributed by atoms with Crippen molar-refractivity contribution in [1.29, 1.82) is 0 Å². The Hall–Kier alpha value is -1.58. The van der Waals surface area contributed by atoms with E-state index in [1.807, 2.05) is 6.20 Å². The van der Waals surface area contributed by atoms with E-state index in [4.69, 9.17) is 16.3 Å². The summed E-state index contributed by atoms with van der Waals surface area (Å²) in [6, 6.07) is 8.59. The number of fused-ring (bicyclic) bond motifs is 2. The fourth-order valence-corrected chi connectivity index (χ4v) is 4.65. The molecule has 1 saturated carbocycles. The summed E-state index contributed by atoms with van der Waals surface area (Å²) < 4.78 is 5.15. The van der Waals surface area contributed by atoms with Crippen LogP contribution >= 0.6 is 11.6 Å². The summed E-state index contributed by atoms with van der Waals surface area (Å²) in [7, 11) is 1.73. The Morgan fingerprint density at radius 2 is 1.96 bits per heavy atom. The van der Waals surface area contributed by atoms with Crippen LogP contribution in [0.4, 0.5) is 5.82 Å². The third-order valence-corrected chi connectivity index (χ3v) is 5.95. The highest BCUT2D eigenvalue weighted by atomic mass is 35.5. The maximum Gasteiger partial charge on any atom is 0.131 e. The van der Waals surface area contributed by atoms with Crippen molar-refractivity contribution in [2.24, 2.45) is 0 Å². The first kappa shape index (κ1) is 15.9. The first-order valence-corrected chi connectivity index (χ1v) is 9.12. The first-order chi connectivity index (χ1) is 11.7. The third kappa shape index (κ3) is 2.60. The molecule has 0 radical (unpaired) electrons. The molecule has 0 atom stereocenters. The molecule has 4 rings (SSSR count). The lowest BCUT2D eigenvalue weighted by molar-refractivity contribution is 0.202. The number of methoxy groups -OCH3 is 1. The summed E-state index contributed by atoms with van der Waals surface area (Å²) >= 11 is 6.88. The molecule has 2 aliphatic rings. The number of anilines is 1. The molecule has 4 heteroatoms. The molecule has 1 aromatic carbocycles.